The van der Waals surface area contributed by atoms with E-state index in [-0.39, 0.29) is 18.4 Å². The van der Waals surface area contributed by atoms with Crippen molar-refractivity contribution in [3.63, 3.8) is 0 Å². The topological polar surface area (TPSA) is 98.5 Å². The highest BCUT2D eigenvalue weighted by Gasteiger charge is 2.10. The molecular formula is C6H14N2O4S. The highest BCUT2D eigenvalue weighted by molar-refractivity contribution is 7.90. The standard InChI is InChI=1S/C6H14N2O4S/c1-5(4-13(2,10)11)8-12-3-6(7)9/h5,8H,3-4H2,1-2H3,(H2,7,9). The first-order chi connectivity index (χ1) is 5.81. The molecule has 0 aromatic heterocycles. The third-order valence-corrected chi connectivity index (χ3v) is 2.16. The van der Waals surface area contributed by atoms with E-state index >= 15 is 0 Å². The van der Waals surface area contributed by atoms with Gasteiger partial charge in [-0.25, -0.2) is 8.42 Å². The Kier molecular flexibility index (Phi) is 4.89. The van der Waals surface area contributed by atoms with Crippen LogP contribution in [0.1, 0.15) is 6.92 Å². The summed E-state index contributed by atoms with van der Waals surface area (Å²) < 4.78 is 21.5. The van der Waals surface area contributed by atoms with Crippen LogP contribution in [0.5, 0.6) is 0 Å². The van der Waals surface area contributed by atoms with Gasteiger partial charge in [0.05, 0.1) is 5.75 Å². The van der Waals surface area contributed by atoms with E-state index in [4.69, 9.17) is 5.73 Å². The quantitative estimate of drug-likeness (QED) is 0.516. The molecule has 0 fully saturated rings. The van der Waals surface area contributed by atoms with Gasteiger partial charge in [-0.1, -0.05) is 0 Å². The number of hydrogen-bond acceptors (Lipinski definition) is 5. The molecule has 0 aromatic rings. The summed E-state index contributed by atoms with van der Waals surface area (Å²) in [6.45, 7) is 1.36. The Labute approximate surface area is 77.3 Å². The van der Waals surface area contributed by atoms with Crippen LogP contribution >= 0.6 is 0 Å². The molecule has 78 valence electrons. The van der Waals surface area contributed by atoms with Crippen LogP contribution in [0.15, 0.2) is 0 Å². The van der Waals surface area contributed by atoms with Gasteiger partial charge in [0.25, 0.3) is 0 Å². The molecule has 0 aromatic carbocycles. The van der Waals surface area contributed by atoms with E-state index in [1.54, 1.807) is 6.92 Å². The molecule has 0 aliphatic carbocycles. The lowest BCUT2D eigenvalue weighted by Gasteiger charge is -2.11. The van der Waals surface area contributed by atoms with E-state index in [9.17, 15) is 13.2 Å². The minimum atomic E-state index is -3.03. The number of sulfone groups is 1. The third-order valence-electron chi connectivity index (χ3n) is 1.05. The monoisotopic (exact) mass is 210 g/mol. The van der Waals surface area contributed by atoms with Crippen molar-refractivity contribution in [2.24, 2.45) is 5.73 Å². The van der Waals surface area contributed by atoms with Gasteiger partial charge in [-0.2, -0.15) is 5.48 Å². The van der Waals surface area contributed by atoms with Crippen molar-refractivity contribution in [3.8, 4) is 0 Å². The fraction of sp³-hybridized carbons (Fsp3) is 0.833. The third kappa shape index (κ3) is 9.25. The van der Waals surface area contributed by atoms with Crippen LogP contribution in [0, 0.1) is 0 Å². The fourth-order valence-electron chi connectivity index (χ4n) is 0.743. The maximum atomic E-state index is 10.8. The number of hydrogen-bond donors (Lipinski definition) is 2. The summed E-state index contributed by atoms with van der Waals surface area (Å²) in [5, 5.41) is 0. The zero-order valence-corrected chi connectivity index (χ0v) is 8.43. The van der Waals surface area contributed by atoms with Crippen LogP contribution in [-0.2, 0) is 19.5 Å². The first-order valence-electron chi connectivity index (χ1n) is 3.64. The molecule has 0 aliphatic heterocycles. The van der Waals surface area contributed by atoms with Gasteiger partial charge < -0.3 is 5.73 Å². The molecular weight excluding hydrogens is 196 g/mol. The van der Waals surface area contributed by atoms with Gasteiger partial charge in [0.15, 0.2) is 0 Å². The number of rotatable bonds is 6. The lowest BCUT2D eigenvalue weighted by molar-refractivity contribution is -0.125. The summed E-state index contributed by atoms with van der Waals surface area (Å²) in [5.74, 6) is -0.662. The Bertz CT molecular complexity index is 262. The maximum Gasteiger partial charge on any atom is 0.245 e. The molecule has 13 heavy (non-hydrogen) atoms. The molecule has 1 amide bonds. The van der Waals surface area contributed by atoms with Gasteiger partial charge in [0.1, 0.15) is 16.4 Å². The van der Waals surface area contributed by atoms with Gasteiger partial charge in [-0.15, -0.1) is 0 Å². The molecule has 0 heterocycles. The van der Waals surface area contributed by atoms with Gasteiger partial charge in [-0.3, -0.25) is 9.63 Å². The first kappa shape index (κ1) is 12.3. The maximum absolute atomic E-state index is 10.8. The molecule has 1 atom stereocenters. The molecule has 0 rings (SSSR count). The molecule has 0 saturated carbocycles. The zero-order chi connectivity index (χ0) is 10.5. The van der Waals surface area contributed by atoms with E-state index in [2.05, 4.69) is 10.3 Å². The predicted molar refractivity (Wildman–Crippen MR) is 47.5 cm³/mol. The second-order valence-electron chi connectivity index (χ2n) is 2.87. The van der Waals surface area contributed by atoms with Crippen molar-refractivity contribution < 1.29 is 18.0 Å². The predicted octanol–water partition coefficient (Wildman–Crippen LogP) is -1.57. The summed E-state index contributed by atoms with van der Waals surface area (Å²) in [4.78, 5) is 14.8. The largest absolute Gasteiger partial charge is 0.368 e. The number of amides is 1. The Balaban J connectivity index is 3.64. The van der Waals surface area contributed by atoms with Crippen LogP contribution in [0.2, 0.25) is 0 Å². The number of nitrogens with two attached hydrogens (primary N) is 1. The van der Waals surface area contributed by atoms with Gasteiger partial charge in [0.2, 0.25) is 5.91 Å². The van der Waals surface area contributed by atoms with Crippen molar-refractivity contribution in [1.82, 2.24) is 5.48 Å². The summed E-state index contributed by atoms with van der Waals surface area (Å²) >= 11 is 0. The van der Waals surface area contributed by atoms with Gasteiger partial charge >= 0.3 is 0 Å². The second kappa shape index (κ2) is 5.15. The molecule has 0 radical (unpaired) electrons. The smallest absolute Gasteiger partial charge is 0.245 e. The molecule has 0 saturated heterocycles. The first-order valence-corrected chi connectivity index (χ1v) is 5.70. The van der Waals surface area contributed by atoms with E-state index < -0.39 is 15.7 Å². The SMILES string of the molecule is CC(CS(C)(=O)=O)NOCC(N)=O. The van der Waals surface area contributed by atoms with Gasteiger partial charge in [-0.05, 0) is 6.92 Å². The minimum absolute atomic E-state index is 0.0498. The Morgan fingerprint density at radius 2 is 2.15 bits per heavy atom. The van der Waals surface area contributed by atoms with Crippen LogP contribution in [0.25, 0.3) is 0 Å². The molecule has 3 N–H and O–H groups in total. The summed E-state index contributed by atoms with van der Waals surface area (Å²) in [7, 11) is -3.03. The van der Waals surface area contributed by atoms with Crippen LogP contribution in [-0.4, -0.2) is 39.0 Å². The fourth-order valence-corrected chi connectivity index (χ4v) is 1.72. The Hall–Kier alpha value is -0.660. The zero-order valence-electron chi connectivity index (χ0n) is 7.61. The van der Waals surface area contributed by atoms with E-state index in [0.29, 0.717) is 0 Å². The van der Waals surface area contributed by atoms with Crippen molar-refractivity contribution >= 4 is 15.7 Å². The van der Waals surface area contributed by atoms with E-state index in [1.807, 2.05) is 0 Å². The Morgan fingerprint density at radius 1 is 1.62 bits per heavy atom. The van der Waals surface area contributed by atoms with Gasteiger partial charge in [0, 0.05) is 12.3 Å². The van der Waals surface area contributed by atoms with Crippen LogP contribution < -0.4 is 11.2 Å². The number of carbonyl (C=O) groups excluding carboxylic acids is 1. The van der Waals surface area contributed by atoms with Crippen LogP contribution in [0.3, 0.4) is 0 Å². The highest BCUT2D eigenvalue weighted by atomic mass is 32.2. The van der Waals surface area contributed by atoms with E-state index in [1.165, 1.54) is 0 Å². The van der Waals surface area contributed by atoms with Crippen molar-refractivity contribution in [2.45, 2.75) is 13.0 Å². The minimum Gasteiger partial charge on any atom is -0.368 e. The van der Waals surface area contributed by atoms with E-state index in [0.717, 1.165) is 6.26 Å². The number of hydroxylamine groups is 1. The number of nitrogens with one attached hydrogen (secondary N) is 1. The molecule has 0 spiro atoms. The molecule has 7 heteroatoms. The second-order valence-corrected chi connectivity index (χ2v) is 5.05. The summed E-state index contributed by atoms with van der Waals surface area (Å²) in [6.07, 6.45) is 1.12. The number of carbonyl (C=O) groups is 1. The Morgan fingerprint density at radius 3 is 2.54 bits per heavy atom. The molecule has 1 unspecified atom stereocenters. The lowest BCUT2D eigenvalue weighted by atomic mass is 10.4. The normalized spacial score (nSPS) is 14.0. The average Bonchev–Trinajstić information content (AvgIpc) is 1.81. The van der Waals surface area contributed by atoms with Crippen molar-refractivity contribution in [2.75, 3.05) is 18.6 Å². The van der Waals surface area contributed by atoms with Crippen molar-refractivity contribution in [1.29, 1.82) is 0 Å². The van der Waals surface area contributed by atoms with Crippen LogP contribution in [0.4, 0.5) is 0 Å². The summed E-state index contributed by atoms with van der Waals surface area (Å²) in [6, 6.07) is -0.366. The average molecular weight is 210 g/mol. The molecule has 0 bridgehead atoms. The number of primary amides is 1. The van der Waals surface area contributed by atoms with Crippen molar-refractivity contribution in [3.05, 3.63) is 0 Å². The molecule has 0 aliphatic rings. The molecule has 6 nitrogen and oxygen atoms in total. The lowest BCUT2D eigenvalue weighted by Crippen LogP contribution is -2.35. The highest BCUT2D eigenvalue weighted by Crippen LogP contribution is 1.89. The summed E-state index contributed by atoms with van der Waals surface area (Å²) in [5.41, 5.74) is 7.17.